The lowest BCUT2D eigenvalue weighted by atomic mass is 9.65. The number of thiophene rings is 2. The summed E-state index contributed by atoms with van der Waals surface area (Å²) in [6.45, 7) is 4.29. The molecule has 1 atom stereocenters. The van der Waals surface area contributed by atoms with Gasteiger partial charge in [0.15, 0.2) is 5.84 Å². The van der Waals surface area contributed by atoms with Crippen LogP contribution in [0.2, 0.25) is 0 Å². The highest BCUT2D eigenvalue weighted by molar-refractivity contribution is 7.11. The summed E-state index contributed by atoms with van der Waals surface area (Å²) in [5.41, 5.74) is 8.94. The maximum absolute atomic E-state index is 5.26. The fourth-order valence-electron chi connectivity index (χ4n) is 7.86. The van der Waals surface area contributed by atoms with Gasteiger partial charge >= 0.3 is 0 Å². The van der Waals surface area contributed by atoms with Crippen LogP contribution in [-0.4, -0.2) is 29.8 Å². The maximum atomic E-state index is 5.26. The zero-order valence-electron chi connectivity index (χ0n) is 30.2. The van der Waals surface area contributed by atoms with Crippen LogP contribution >= 0.6 is 22.7 Å². The smallest absolute Gasteiger partial charge is 0.159 e. The molecule has 264 valence electrons. The molecule has 0 saturated heterocycles. The third-order valence-corrected chi connectivity index (χ3v) is 12.5. The Morgan fingerprint density at radius 3 is 2.25 bits per heavy atom. The van der Waals surface area contributed by atoms with Crippen molar-refractivity contribution in [2.24, 2.45) is 15.0 Å². The summed E-state index contributed by atoms with van der Waals surface area (Å²) >= 11 is 3.39. The highest BCUT2D eigenvalue weighted by Gasteiger charge is 2.36. The molecule has 5 aromatic rings. The topological polar surface area (TPSA) is 40.3 Å². The standard InChI is InChI=1S/C47H44N4S2/c1-34(43-18-12-30-52-43)49-45(48-33-35-14-6-3-7-15-35)37-20-24-39(25-21-37)47(28-10-5-11-29-47)40-26-22-38(23-27-40)46-50-41(44-19-13-31-53-44)32-42(51(46)2)36-16-8-4-9-17-36/h4,6,8-9,12-27,30-33,42H,1,3,5,7,10-11,28-29H2,2H3/b48-33+,49-45-. The van der Waals surface area contributed by atoms with Crippen molar-refractivity contribution in [1.29, 1.82) is 0 Å². The summed E-state index contributed by atoms with van der Waals surface area (Å²) in [6.07, 6.45) is 18.9. The molecule has 3 aliphatic rings. The lowest BCUT2D eigenvalue weighted by molar-refractivity contribution is 0.346. The second-order valence-corrected chi connectivity index (χ2v) is 15.9. The largest absolute Gasteiger partial charge is 0.349 e. The molecule has 0 radical (unpaired) electrons. The van der Waals surface area contributed by atoms with Gasteiger partial charge in [0.2, 0.25) is 0 Å². The van der Waals surface area contributed by atoms with Gasteiger partial charge in [0.05, 0.1) is 27.2 Å². The van der Waals surface area contributed by atoms with E-state index in [0.29, 0.717) is 5.84 Å². The molecule has 0 spiro atoms. The minimum absolute atomic E-state index is 0.0525. The highest BCUT2D eigenvalue weighted by Crippen LogP contribution is 2.45. The van der Waals surface area contributed by atoms with E-state index in [1.54, 1.807) is 22.7 Å². The zero-order chi connectivity index (χ0) is 36.0. The van der Waals surface area contributed by atoms with Gasteiger partial charge in [0, 0.05) is 29.8 Å². The number of likely N-dealkylation sites (N-methyl/N-ethyl adjacent to an activating group) is 1. The van der Waals surface area contributed by atoms with Crippen LogP contribution in [0.25, 0.3) is 11.4 Å². The van der Waals surface area contributed by atoms with E-state index in [0.717, 1.165) is 64.5 Å². The summed E-state index contributed by atoms with van der Waals surface area (Å²) in [7, 11) is 2.16. The summed E-state index contributed by atoms with van der Waals surface area (Å²) < 4.78 is 0. The van der Waals surface area contributed by atoms with Gasteiger partial charge in [0.25, 0.3) is 0 Å². The van der Waals surface area contributed by atoms with Gasteiger partial charge in [-0.25, -0.2) is 15.0 Å². The number of benzene rings is 3. The Morgan fingerprint density at radius 1 is 0.830 bits per heavy atom. The molecule has 0 N–H and O–H groups in total. The monoisotopic (exact) mass is 728 g/mol. The van der Waals surface area contributed by atoms with Crippen molar-refractivity contribution in [3.8, 4) is 0 Å². The molecule has 1 saturated carbocycles. The second kappa shape index (κ2) is 15.8. The Morgan fingerprint density at radius 2 is 1.57 bits per heavy atom. The van der Waals surface area contributed by atoms with E-state index in [1.165, 1.54) is 40.8 Å². The van der Waals surface area contributed by atoms with Crippen LogP contribution in [-0.2, 0) is 5.41 Å². The quantitative estimate of drug-likeness (QED) is 0.110. The van der Waals surface area contributed by atoms with Crippen LogP contribution in [0, 0.1) is 0 Å². The van der Waals surface area contributed by atoms with E-state index in [4.69, 9.17) is 15.0 Å². The molecular weight excluding hydrogens is 685 g/mol. The lowest BCUT2D eigenvalue weighted by Crippen LogP contribution is -2.34. The SMILES string of the molecule is C=C(/N=C(\N=C\C1=CCCC=C1)c1ccc(C2(c3ccc(C4=NC(c5cccs5)=CC(c5ccccc5)N4C)cc3)CCCCC2)cc1)c1cccs1. The molecule has 2 aliphatic carbocycles. The Balaban J connectivity index is 1.11. The van der Waals surface area contributed by atoms with E-state index in [2.05, 4.69) is 151 Å². The number of hydrogen-bond acceptors (Lipinski definition) is 5. The zero-order valence-corrected chi connectivity index (χ0v) is 31.8. The molecule has 1 aliphatic heterocycles. The summed E-state index contributed by atoms with van der Waals surface area (Å²) in [5, 5.41) is 4.19. The number of aliphatic imine (C=N–C) groups is 3. The van der Waals surface area contributed by atoms with Crippen molar-refractivity contribution in [2.75, 3.05) is 7.05 Å². The predicted molar refractivity (Wildman–Crippen MR) is 227 cm³/mol. The fourth-order valence-corrected chi connectivity index (χ4v) is 9.20. The van der Waals surface area contributed by atoms with Crippen molar-refractivity contribution >= 4 is 52.0 Å². The van der Waals surface area contributed by atoms with Crippen LogP contribution in [0.3, 0.4) is 0 Å². The number of hydrogen-bond donors (Lipinski definition) is 0. The summed E-state index contributed by atoms with van der Waals surface area (Å²) in [5.74, 6) is 1.67. The van der Waals surface area contributed by atoms with E-state index >= 15 is 0 Å². The fraction of sp³-hybridized carbons (Fsp3) is 0.213. The number of amidine groups is 2. The molecule has 8 rings (SSSR count). The van der Waals surface area contributed by atoms with Crippen molar-refractivity contribution in [2.45, 2.75) is 56.4 Å². The minimum Gasteiger partial charge on any atom is -0.349 e. The third-order valence-electron chi connectivity index (χ3n) is 10.7. The molecule has 0 amide bonds. The van der Waals surface area contributed by atoms with E-state index < -0.39 is 0 Å². The number of allylic oxidation sites excluding steroid dienone is 4. The van der Waals surface area contributed by atoms with Gasteiger partial charge in [-0.05, 0) is 76.9 Å². The van der Waals surface area contributed by atoms with E-state index in [1.807, 2.05) is 12.3 Å². The van der Waals surface area contributed by atoms with Crippen molar-refractivity contribution in [3.05, 3.63) is 188 Å². The van der Waals surface area contributed by atoms with E-state index in [9.17, 15) is 0 Å². The van der Waals surface area contributed by atoms with Crippen molar-refractivity contribution in [3.63, 3.8) is 0 Å². The first-order chi connectivity index (χ1) is 26.1. The van der Waals surface area contributed by atoms with Gasteiger partial charge in [-0.1, -0.05) is 135 Å². The summed E-state index contributed by atoms with van der Waals surface area (Å²) in [4.78, 5) is 19.7. The molecule has 3 aromatic carbocycles. The average molecular weight is 729 g/mol. The van der Waals surface area contributed by atoms with Gasteiger partial charge in [-0.15, -0.1) is 22.7 Å². The Kier molecular flexibility index (Phi) is 10.4. The lowest BCUT2D eigenvalue weighted by Gasteiger charge is -2.39. The molecule has 3 heterocycles. The summed E-state index contributed by atoms with van der Waals surface area (Å²) in [6, 6.07) is 37.5. The first-order valence-electron chi connectivity index (χ1n) is 18.6. The Bertz CT molecular complexity index is 2210. The average Bonchev–Trinajstić information content (AvgIpc) is 3.97. The van der Waals surface area contributed by atoms with Crippen LogP contribution in [0.15, 0.2) is 165 Å². The molecular formula is C47H44N4S2. The van der Waals surface area contributed by atoms with Gasteiger partial charge in [-0.3, -0.25) is 0 Å². The van der Waals surface area contributed by atoms with Gasteiger partial charge < -0.3 is 4.90 Å². The van der Waals surface area contributed by atoms with E-state index in [-0.39, 0.29) is 11.5 Å². The molecule has 2 aromatic heterocycles. The molecule has 1 fully saturated rings. The second-order valence-electron chi connectivity index (χ2n) is 14.0. The normalized spacial score (nSPS) is 18.8. The Hall–Kier alpha value is -5.17. The van der Waals surface area contributed by atoms with Gasteiger partial charge in [0.1, 0.15) is 5.84 Å². The van der Waals surface area contributed by atoms with Crippen LogP contribution in [0.5, 0.6) is 0 Å². The molecule has 0 bridgehead atoms. The highest BCUT2D eigenvalue weighted by atomic mass is 32.1. The molecule has 6 heteroatoms. The molecule has 1 unspecified atom stereocenters. The third kappa shape index (κ3) is 7.53. The first kappa shape index (κ1) is 34.9. The molecule has 4 nitrogen and oxygen atoms in total. The van der Waals surface area contributed by atoms with Gasteiger partial charge in [-0.2, -0.15) is 0 Å². The first-order valence-corrected chi connectivity index (χ1v) is 20.4. The maximum Gasteiger partial charge on any atom is 0.159 e. The number of nitrogens with zero attached hydrogens (tertiary/aromatic N) is 4. The van der Waals surface area contributed by atoms with Crippen molar-refractivity contribution in [1.82, 2.24) is 4.90 Å². The predicted octanol–water partition coefficient (Wildman–Crippen LogP) is 12.3. The van der Waals surface area contributed by atoms with Crippen molar-refractivity contribution < 1.29 is 0 Å². The molecule has 53 heavy (non-hydrogen) atoms. The van der Waals surface area contributed by atoms with Crippen LogP contribution in [0.1, 0.15) is 88.6 Å². The number of rotatable bonds is 9. The minimum atomic E-state index is -0.0525. The van der Waals surface area contributed by atoms with Crippen LogP contribution in [0.4, 0.5) is 0 Å². The van der Waals surface area contributed by atoms with Crippen LogP contribution < -0.4 is 0 Å². The Labute approximate surface area is 321 Å².